The Bertz CT molecular complexity index is 1050. The first-order valence-corrected chi connectivity index (χ1v) is 10.0. The zero-order chi connectivity index (χ0) is 21.1. The van der Waals surface area contributed by atoms with E-state index in [0.717, 1.165) is 42.2 Å². The first kappa shape index (κ1) is 19.7. The molecule has 2 aromatic heterocycles. The molecule has 1 atom stereocenters. The molecule has 7 heteroatoms. The number of aryl methyl sites for hydroxylation is 1. The Morgan fingerprint density at radius 1 is 1.30 bits per heavy atom. The fourth-order valence-corrected chi connectivity index (χ4v) is 3.86. The van der Waals surface area contributed by atoms with Crippen molar-refractivity contribution in [2.75, 3.05) is 16.8 Å². The predicted molar refractivity (Wildman–Crippen MR) is 121 cm³/mol. The van der Waals surface area contributed by atoms with Gasteiger partial charge in [-0.3, -0.25) is 4.68 Å². The highest BCUT2D eigenvalue weighted by molar-refractivity contribution is 5.70. The first-order chi connectivity index (χ1) is 14.5. The molecule has 0 spiro atoms. The second-order valence-electron chi connectivity index (χ2n) is 7.84. The van der Waals surface area contributed by atoms with Crippen LogP contribution in [0.2, 0.25) is 0 Å². The summed E-state index contributed by atoms with van der Waals surface area (Å²) in [6, 6.07) is 10.6. The zero-order valence-electron chi connectivity index (χ0n) is 17.4. The maximum Gasteiger partial charge on any atom is 0.129 e. The maximum atomic E-state index is 5.65. The van der Waals surface area contributed by atoms with Crippen LogP contribution in [0.15, 0.2) is 73.1 Å². The van der Waals surface area contributed by atoms with Gasteiger partial charge in [0.15, 0.2) is 0 Å². The average Bonchev–Trinajstić information content (AvgIpc) is 3.36. The number of nitrogens with two attached hydrogens (primary N) is 1. The Morgan fingerprint density at radius 3 is 2.80 bits per heavy atom. The number of allylic oxidation sites excluding steroid dienone is 2. The topological polar surface area (TPSA) is 84.9 Å². The van der Waals surface area contributed by atoms with E-state index >= 15 is 0 Å². The molecular formula is C23H27N7. The smallest absolute Gasteiger partial charge is 0.129 e. The molecule has 7 nitrogen and oxygen atoms in total. The van der Waals surface area contributed by atoms with Gasteiger partial charge in [-0.05, 0) is 55.7 Å². The molecule has 1 aliphatic rings. The normalized spacial score (nSPS) is 16.9. The Kier molecular flexibility index (Phi) is 5.52. The van der Waals surface area contributed by atoms with E-state index in [1.807, 2.05) is 30.1 Å². The number of aromatic nitrogens is 4. The molecule has 3 heterocycles. The van der Waals surface area contributed by atoms with Crippen LogP contribution in [0.1, 0.15) is 18.9 Å². The van der Waals surface area contributed by atoms with Crippen LogP contribution in [0.3, 0.4) is 0 Å². The molecule has 1 saturated heterocycles. The first-order valence-electron chi connectivity index (χ1n) is 10.0. The van der Waals surface area contributed by atoms with Crippen LogP contribution in [0.4, 0.5) is 11.5 Å². The van der Waals surface area contributed by atoms with E-state index in [-0.39, 0.29) is 0 Å². The highest BCUT2D eigenvalue weighted by Gasteiger charge is 2.27. The van der Waals surface area contributed by atoms with Gasteiger partial charge in [0.05, 0.1) is 6.20 Å². The molecule has 0 radical (unpaired) electrons. The summed E-state index contributed by atoms with van der Waals surface area (Å²) < 4.78 is 1.90. The van der Waals surface area contributed by atoms with Crippen molar-refractivity contribution >= 4 is 11.5 Å². The van der Waals surface area contributed by atoms with Gasteiger partial charge in [-0.15, -0.1) is 5.10 Å². The van der Waals surface area contributed by atoms with Gasteiger partial charge in [0.2, 0.25) is 0 Å². The van der Waals surface area contributed by atoms with Crippen LogP contribution >= 0.6 is 0 Å². The van der Waals surface area contributed by atoms with Crippen molar-refractivity contribution in [3.05, 3.63) is 78.7 Å². The number of nitrogens with zero attached hydrogens (tertiary/aromatic N) is 5. The van der Waals surface area contributed by atoms with Gasteiger partial charge in [0.1, 0.15) is 5.82 Å². The standard InChI is InChI=1S/C23H27N7/c1-16-10-20(21-5-7-23(26-13-21)25-12-17(2)24)4-6-22(16)30-15-19(11-18(30)3)14-29-9-8-27-28-29/h4-10,12-13,19H,3,11,14-15,24H2,1-2H3,(H,25,26)/b17-12-. The molecule has 1 aliphatic heterocycles. The average molecular weight is 402 g/mol. The molecule has 0 bridgehead atoms. The minimum absolute atomic E-state index is 0.480. The molecule has 3 aromatic rings. The number of pyridine rings is 1. The second kappa shape index (κ2) is 8.41. The molecule has 30 heavy (non-hydrogen) atoms. The van der Waals surface area contributed by atoms with Crippen LogP contribution in [0.25, 0.3) is 11.1 Å². The molecule has 0 saturated carbocycles. The van der Waals surface area contributed by atoms with E-state index in [2.05, 4.69) is 63.3 Å². The number of nitrogens with one attached hydrogen (secondary N) is 1. The van der Waals surface area contributed by atoms with Crippen molar-refractivity contribution in [3.8, 4) is 11.1 Å². The lowest BCUT2D eigenvalue weighted by molar-refractivity contribution is 0.447. The van der Waals surface area contributed by atoms with Crippen molar-refractivity contribution in [2.45, 2.75) is 26.8 Å². The van der Waals surface area contributed by atoms with Crippen molar-refractivity contribution in [2.24, 2.45) is 11.7 Å². The van der Waals surface area contributed by atoms with Gasteiger partial charge in [-0.25, -0.2) is 4.98 Å². The summed E-state index contributed by atoms with van der Waals surface area (Å²) in [5.41, 5.74) is 12.2. The molecule has 154 valence electrons. The third-order valence-corrected chi connectivity index (χ3v) is 5.30. The monoisotopic (exact) mass is 401 g/mol. The number of hydrogen-bond donors (Lipinski definition) is 2. The van der Waals surface area contributed by atoms with Gasteiger partial charge < -0.3 is 16.0 Å². The quantitative estimate of drug-likeness (QED) is 0.651. The highest BCUT2D eigenvalue weighted by atomic mass is 15.4. The summed E-state index contributed by atoms with van der Waals surface area (Å²) in [4.78, 5) is 6.79. The van der Waals surface area contributed by atoms with Crippen LogP contribution in [0.5, 0.6) is 0 Å². The molecule has 1 aromatic carbocycles. The highest BCUT2D eigenvalue weighted by Crippen LogP contribution is 2.35. The number of hydrogen-bond acceptors (Lipinski definition) is 6. The summed E-state index contributed by atoms with van der Waals surface area (Å²) in [6.45, 7) is 10.1. The van der Waals surface area contributed by atoms with Gasteiger partial charge in [0.25, 0.3) is 0 Å². The molecule has 1 fully saturated rings. The van der Waals surface area contributed by atoms with Gasteiger partial charge in [0, 0.05) is 60.2 Å². The fraction of sp³-hybridized carbons (Fsp3) is 0.261. The second-order valence-corrected chi connectivity index (χ2v) is 7.84. The van der Waals surface area contributed by atoms with Crippen LogP contribution in [-0.4, -0.2) is 26.5 Å². The van der Waals surface area contributed by atoms with Gasteiger partial charge in [-0.2, -0.15) is 0 Å². The lowest BCUT2D eigenvalue weighted by atomic mass is 10.0. The lowest BCUT2D eigenvalue weighted by Crippen LogP contribution is -2.21. The number of benzene rings is 1. The largest absolute Gasteiger partial charge is 0.401 e. The summed E-state index contributed by atoms with van der Waals surface area (Å²) >= 11 is 0. The third kappa shape index (κ3) is 4.35. The van der Waals surface area contributed by atoms with Crippen molar-refractivity contribution in [1.82, 2.24) is 20.0 Å². The Morgan fingerprint density at radius 2 is 2.13 bits per heavy atom. The lowest BCUT2D eigenvalue weighted by Gasteiger charge is -2.23. The van der Waals surface area contributed by atoms with E-state index in [1.165, 1.54) is 11.3 Å². The molecule has 4 rings (SSSR count). The summed E-state index contributed by atoms with van der Waals surface area (Å²) in [6.07, 6.45) is 8.21. The summed E-state index contributed by atoms with van der Waals surface area (Å²) in [5, 5.41) is 11.1. The fourth-order valence-electron chi connectivity index (χ4n) is 3.86. The molecule has 0 amide bonds. The summed E-state index contributed by atoms with van der Waals surface area (Å²) in [5.74, 6) is 1.25. The van der Waals surface area contributed by atoms with Crippen molar-refractivity contribution in [3.63, 3.8) is 0 Å². The minimum Gasteiger partial charge on any atom is -0.401 e. The molecular weight excluding hydrogens is 374 g/mol. The van der Waals surface area contributed by atoms with Gasteiger partial charge in [-0.1, -0.05) is 17.9 Å². The Labute approximate surface area is 176 Å². The van der Waals surface area contributed by atoms with Crippen LogP contribution in [0, 0.1) is 12.8 Å². The third-order valence-electron chi connectivity index (χ3n) is 5.30. The van der Waals surface area contributed by atoms with Gasteiger partial charge >= 0.3 is 0 Å². The minimum atomic E-state index is 0.480. The Hall–Kier alpha value is -3.61. The molecule has 1 unspecified atom stereocenters. The zero-order valence-corrected chi connectivity index (χ0v) is 17.4. The molecule has 0 aliphatic carbocycles. The van der Waals surface area contributed by atoms with E-state index in [0.29, 0.717) is 11.6 Å². The van der Waals surface area contributed by atoms with E-state index in [1.54, 1.807) is 12.4 Å². The van der Waals surface area contributed by atoms with Crippen LogP contribution in [-0.2, 0) is 6.54 Å². The van der Waals surface area contributed by atoms with E-state index < -0.39 is 0 Å². The van der Waals surface area contributed by atoms with E-state index in [9.17, 15) is 0 Å². The molecule has 3 N–H and O–H groups in total. The van der Waals surface area contributed by atoms with Crippen molar-refractivity contribution < 1.29 is 0 Å². The number of anilines is 2. The maximum absolute atomic E-state index is 5.65. The summed E-state index contributed by atoms with van der Waals surface area (Å²) in [7, 11) is 0. The predicted octanol–water partition coefficient (Wildman–Crippen LogP) is 3.92. The Balaban J connectivity index is 1.48. The van der Waals surface area contributed by atoms with Crippen molar-refractivity contribution in [1.29, 1.82) is 0 Å². The van der Waals surface area contributed by atoms with Crippen LogP contribution < -0.4 is 16.0 Å². The number of rotatable bonds is 6. The SMILES string of the molecule is C=C1CC(Cn2ccnn2)CN1c1ccc(-c2ccc(N/C=C(/C)N)nc2)cc1C. The van der Waals surface area contributed by atoms with E-state index in [4.69, 9.17) is 5.73 Å².